The zero-order valence-corrected chi connectivity index (χ0v) is 14.2. The summed E-state index contributed by atoms with van der Waals surface area (Å²) in [6.07, 6.45) is 3.35. The van der Waals surface area contributed by atoms with Gasteiger partial charge >= 0.3 is 0 Å². The SMILES string of the molecule is CCC(Oc1ccc2c(c1)CCC2)C(=O)Nc1ccc(C(N)=O)cc1. The van der Waals surface area contributed by atoms with Crippen LogP contribution in [0.4, 0.5) is 5.69 Å². The van der Waals surface area contributed by atoms with Gasteiger partial charge in [0.25, 0.3) is 5.91 Å². The van der Waals surface area contributed by atoms with E-state index in [-0.39, 0.29) is 5.91 Å². The maximum absolute atomic E-state index is 12.5. The van der Waals surface area contributed by atoms with E-state index in [1.807, 2.05) is 19.1 Å². The molecule has 1 aliphatic rings. The Morgan fingerprint density at radius 2 is 1.84 bits per heavy atom. The van der Waals surface area contributed by atoms with Crippen LogP contribution >= 0.6 is 0 Å². The van der Waals surface area contributed by atoms with Crippen LogP contribution in [0.2, 0.25) is 0 Å². The van der Waals surface area contributed by atoms with E-state index in [4.69, 9.17) is 10.5 Å². The standard InChI is InChI=1S/C20H22N2O3/c1-2-18(25-17-11-8-13-4-3-5-15(13)12-17)20(24)22-16-9-6-14(7-10-16)19(21)23/h6-12,18H,2-5H2,1H3,(H2,21,23)(H,22,24). The predicted octanol–water partition coefficient (Wildman–Crippen LogP) is 3.07. The number of amides is 2. The van der Waals surface area contributed by atoms with E-state index in [2.05, 4.69) is 11.4 Å². The molecule has 130 valence electrons. The molecule has 25 heavy (non-hydrogen) atoms. The van der Waals surface area contributed by atoms with Crippen LogP contribution in [0.3, 0.4) is 0 Å². The number of primary amides is 1. The van der Waals surface area contributed by atoms with Gasteiger partial charge in [-0.05, 0) is 73.2 Å². The van der Waals surface area contributed by atoms with Crippen molar-refractivity contribution >= 4 is 17.5 Å². The van der Waals surface area contributed by atoms with E-state index in [0.29, 0.717) is 17.7 Å². The van der Waals surface area contributed by atoms with Crippen molar-refractivity contribution in [3.8, 4) is 5.75 Å². The topological polar surface area (TPSA) is 81.4 Å². The number of carbonyl (C=O) groups is 2. The van der Waals surface area contributed by atoms with Crippen LogP contribution in [0.25, 0.3) is 0 Å². The van der Waals surface area contributed by atoms with Gasteiger partial charge in [-0.15, -0.1) is 0 Å². The summed E-state index contributed by atoms with van der Waals surface area (Å²) in [5, 5.41) is 2.82. The number of nitrogens with two attached hydrogens (primary N) is 1. The van der Waals surface area contributed by atoms with Gasteiger partial charge in [0.1, 0.15) is 5.75 Å². The smallest absolute Gasteiger partial charge is 0.265 e. The first kappa shape index (κ1) is 17.0. The summed E-state index contributed by atoms with van der Waals surface area (Å²) in [4.78, 5) is 23.6. The predicted molar refractivity (Wildman–Crippen MR) is 96.8 cm³/mol. The van der Waals surface area contributed by atoms with Crippen LogP contribution in [0.15, 0.2) is 42.5 Å². The fourth-order valence-corrected chi connectivity index (χ4v) is 3.05. The summed E-state index contributed by atoms with van der Waals surface area (Å²) < 4.78 is 5.90. The second kappa shape index (κ2) is 7.38. The second-order valence-corrected chi connectivity index (χ2v) is 6.23. The third-order valence-electron chi connectivity index (χ3n) is 4.45. The minimum absolute atomic E-state index is 0.213. The quantitative estimate of drug-likeness (QED) is 0.849. The molecule has 2 amide bonds. The summed E-state index contributed by atoms with van der Waals surface area (Å²) in [6, 6.07) is 12.5. The maximum atomic E-state index is 12.5. The minimum atomic E-state index is -0.574. The lowest BCUT2D eigenvalue weighted by atomic mass is 10.1. The summed E-state index contributed by atoms with van der Waals surface area (Å²) >= 11 is 0. The van der Waals surface area contributed by atoms with Crippen LogP contribution in [0.1, 0.15) is 41.3 Å². The van der Waals surface area contributed by atoms with E-state index in [0.717, 1.165) is 18.6 Å². The number of hydrogen-bond donors (Lipinski definition) is 2. The zero-order valence-electron chi connectivity index (χ0n) is 14.2. The van der Waals surface area contributed by atoms with E-state index < -0.39 is 12.0 Å². The molecule has 1 unspecified atom stereocenters. The number of benzene rings is 2. The van der Waals surface area contributed by atoms with Gasteiger partial charge in [0, 0.05) is 11.3 Å². The number of anilines is 1. The van der Waals surface area contributed by atoms with Gasteiger partial charge in [0.05, 0.1) is 0 Å². The van der Waals surface area contributed by atoms with Gasteiger partial charge in [-0.25, -0.2) is 0 Å². The monoisotopic (exact) mass is 338 g/mol. The lowest BCUT2D eigenvalue weighted by Gasteiger charge is -2.18. The molecule has 0 radical (unpaired) electrons. The van der Waals surface area contributed by atoms with Crippen LogP contribution in [-0.4, -0.2) is 17.9 Å². The zero-order chi connectivity index (χ0) is 17.8. The van der Waals surface area contributed by atoms with Crippen LogP contribution < -0.4 is 15.8 Å². The number of nitrogens with one attached hydrogen (secondary N) is 1. The Morgan fingerprint density at radius 1 is 1.12 bits per heavy atom. The van der Waals surface area contributed by atoms with Crippen molar-refractivity contribution in [2.24, 2.45) is 5.73 Å². The second-order valence-electron chi connectivity index (χ2n) is 6.23. The van der Waals surface area contributed by atoms with Crippen LogP contribution in [0.5, 0.6) is 5.75 Å². The van der Waals surface area contributed by atoms with Gasteiger partial charge in [-0.3, -0.25) is 9.59 Å². The molecule has 5 heteroatoms. The summed E-state index contributed by atoms with van der Waals surface area (Å²) in [7, 11) is 0. The van der Waals surface area contributed by atoms with E-state index in [9.17, 15) is 9.59 Å². The molecule has 0 heterocycles. The molecule has 0 saturated heterocycles. The van der Waals surface area contributed by atoms with E-state index in [1.54, 1.807) is 24.3 Å². The third-order valence-corrected chi connectivity index (χ3v) is 4.45. The first-order chi connectivity index (χ1) is 12.1. The van der Waals surface area contributed by atoms with Gasteiger partial charge in [0.2, 0.25) is 5.91 Å². The normalized spacial score (nSPS) is 13.8. The lowest BCUT2D eigenvalue weighted by molar-refractivity contribution is -0.122. The molecule has 0 aromatic heterocycles. The molecule has 5 nitrogen and oxygen atoms in total. The van der Waals surface area contributed by atoms with E-state index in [1.165, 1.54) is 17.5 Å². The molecule has 3 N–H and O–H groups in total. The number of fused-ring (bicyclic) bond motifs is 1. The van der Waals surface area contributed by atoms with Crippen molar-refractivity contribution in [3.05, 3.63) is 59.2 Å². The average Bonchev–Trinajstić information content (AvgIpc) is 3.07. The molecule has 1 atom stereocenters. The molecular weight excluding hydrogens is 316 g/mol. The van der Waals surface area contributed by atoms with Crippen molar-refractivity contribution in [1.82, 2.24) is 0 Å². The Bertz CT molecular complexity index is 784. The van der Waals surface area contributed by atoms with Crippen molar-refractivity contribution in [2.45, 2.75) is 38.7 Å². The highest BCUT2D eigenvalue weighted by Crippen LogP contribution is 2.27. The molecular formula is C20H22N2O3. The highest BCUT2D eigenvalue weighted by molar-refractivity contribution is 5.96. The van der Waals surface area contributed by atoms with E-state index >= 15 is 0 Å². The molecule has 1 aliphatic carbocycles. The van der Waals surface area contributed by atoms with Crippen LogP contribution in [-0.2, 0) is 17.6 Å². The van der Waals surface area contributed by atoms with Gasteiger partial charge in [-0.1, -0.05) is 13.0 Å². The number of rotatable bonds is 6. The fraction of sp³-hybridized carbons (Fsp3) is 0.300. The first-order valence-corrected chi connectivity index (χ1v) is 8.56. The summed E-state index contributed by atoms with van der Waals surface area (Å²) in [5.74, 6) is 0.0193. The largest absolute Gasteiger partial charge is 0.481 e. The molecule has 0 fully saturated rings. The Labute approximate surface area is 147 Å². The maximum Gasteiger partial charge on any atom is 0.265 e. The van der Waals surface area contributed by atoms with Crippen molar-refractivity contribution < 1.29 is 14.3 Å². The Kier molecular flexibility index (Phi) is 5.03. The summed E-state index contributed by atoms with van der Waals surface area (Å²) in [6.45, 7) is 1.91. The minimum Gasteiger partial charge on any atom is -0.481 e. The fourth-order valence-electron chi connectivity index (χ4n) is 3.05. The molecule has 0 aliphatic heterocycles. The molecule has 0 saturated carbocycles. The van der Waals surface area contributed by atoms with Crippen molar-refractivity contribution in [3.63, 3.8) is 0 Å². The first-order valence-electron chi connectivity index (χ1n) is 8.56. The van der Waals surface area contributed by atoms with Crippen molar-refractivity contribution in [2.75, 3.05) is 5.32 Å². The number of hydrogen-bond acceptors (Lipinski definition) is 3. The van der Waals surface area contributed by atoms with Gasteiger partial charge < -0.3 is 15.8 Å². The number of carbonyl (C=O) groups excluding carboxylic acids is 2. The number of ether oxygens (including phenoxy) is 1. The molecule has 2 aromatic carbocycles. The van der Waals surface area contributed by atoms with Crippen molar-refractivity contribution in [1.29, 1.82) is 0 Å². The van der Waals surface area contributed by atoms with Crippen LogP contribution in [0, 0.1) is 0 Å². The lowest BCUT2D eigenvalue weighted by Crippen LogP contribution is -2.32. The molecule has 0 spiro atoms. The highest BCUT2D eigenvalue weighted by Gasteiger charge is 2.20. The Hall–Kier alpha value is -2.82. The summed E-state index contributed by atoms with van der Waals surface area (Å²) in [5.41, 5.74) is 8.91. The number of aryl methyl sites for hydroxylation is 2. The highest BCUT2D eigenvalue weighted by atomic mass is 16.5. The molecule has 2 aromatic rings. The molecule has 0 bridgehead atoms. The van der Waals surface area contributed by atoms with Gasteiger partial charge in [-0.2, -0.15) is 0 Å². The molecule has 3 rings (SSSR count). The van der Waals surface area contributed by atoms with Gasteiger partial charge in [0.15, 0.2) is 6.10 Å². The Morgan fingerprint density at radius 3 is 2.52 bits per heavy atom. The average molecular weight is 338 g/mol. The third kappa shape index (κ3) is 3.99. The Balaban J connectivity index is 1.65.